The fraction of sp³-hybridized carbons (Fsp3) is 0. The molecule has 0 fully saturated rings. The zero-order valence-electron chi connectivity index (χ0n) is 11.1. The van der Waals surface area contributed by atoms with Gasteiger partial charge in [-0.3, -0.25) is 0 Å². The first-order valence-electron chi connectivity index (χ1n) is 6.60. The van der Waals surface area contributed by atoms with E-state index in [4.69, 9.17) is 7.85 Å². The van der Waals surface area contributed by atoms with E-state index in [1.54, 1.807) is 0 Å². The molecule has 94 valence electrons. The molecule has 2 radical (unpaired) electrons. The molecule has 1 nitrogen and oxygen atoms in total. The predicted molar refractivity (Wildman–Crippen MR) is 86.5 cm³/mol. The maximum atomic E-state index is 5.79. The fourth-order valence-corrected chi connectivity index (χ4v) is 2.22. The largest absolute Gasteiger partial charge is 0.311 e. The van der Waals surface area contributed by atoms with E-state index >= 15 is 0 Å². The van der Waals surface area contributed by atoms with Gasteiger partial charge in [0.15, 0.2) is 0 Å². The highest BCUT2D eigenvalue weighted by Gasteiger charge is 2.10. The molecule has 2 heteroatoms. The summed E-state index contributed by atoms with van der Waals surface area (Å²) in [4.78, 5) is 2.21. The Balaban J connectivity index is 2.11. The lowest BCUT2D eigenvalue weighted by Crippen LogP contribution is -2.11. The molecule has 0 N–H and O–H groups in total. The molecule has 0 bridgehead atoms. The van der Waals surface area contributed by atoms with Crippen molar-refractivity contribution in [1.29, 1.82) is 0 Å². The van der Waals surface area contributed by atoms with Crippen molar-refractivity contribution in [2.45, 2.75) is 0 Å². The molecule has 3 rings (SSSR count). The zero-order chi connectivity index (χ0) is 13.8. The van der Waals surface area contributed by atoms with Crippen LogP contribution in [0.3, 0.4) is 0 Å². The summed E-state index contributed by atoms with van der Waals surface area (Å²) in [6, 6.07) is 28.5. The average molecular weight is 255 g/mol. The van der Waals surface area contributed by atoms with Crippen LogP contribution >= 0.6 is 0 Å². The Hall–Kier alpha value is -2.48. The lowest BCUT2D eigenvalue weighted by atomic mass is 9.96. The van der Waals surface area contributed by atoms with E-state index in [2.05, 4.69) is 29.2 Å². The number of rotatable bonds is 3. The van der Waals surface area contributed by atoms with Crippen molar-refractivity contribution in [3.8, 4) is 0 Å². The molecule has 0 heterocycles. The van der Waals surface area contributed by atoms with Crippen LogP contribution in [0.4, 0.5) is 17.1 Å². The normalized spacial score (nSPS) is 10.2. The van der Waals surface area contributed by atoms with Crippen LogP contribution in [0.25, 0.3) is 0 Å². The van der Waals surface area contributed by atoms with E-state index < -0.39 is 0 Å². The Kier molecular flexibility index (Phi) is 3.55. The maximum Gasteiger partial charge on any atom is 0.113 e. The van der Waals surface area contributed by atoms with Gasteiger partial charge in [-0.25, -0.2) is 0 Å². The smallest absolute Gasteiger partial charge is 0.113 e. The van der Waals surface area contributed by atoms with E-state index in [9.17, 15) is 0 Å². The van der Waals surface area contributed by atoms with Gasteiger partial charge in [0, 0.05) is 17.1 Å². The van der Waals surface area contributed by atoms with Gasteiger partial charge in [-0.15, -0.1) is 0 Å². The first kappa shape index (κ1) is 12.6. The summed E-state index contributed by atoms with van der Waals surface area (Å²) >= 11 is 0. The topological polar surface area (TPSA) is 3.24 Å². The second kappa shape index (κ2) is 5.66. The Morgan fingerprint density at radius 1 is 0.500 bits per heavy atom. The number of para-hydroxylation sites is 2. The summed E-state index contributed by atoms with van der Waals surface area (Å²) in [6.07, 6.45) is 0. The van der Waals surface area contributed by atoms with Gasteiger partial charge in [-0.1, -0.05) is 54.0 Å². The minimum absolute atomic E-state index is 0.773. The molecule has 3 aromatic carbocycles. The molecule has 0 aliphatic carbocycles. The SMILES string of the molecule is [B]c1ccc(N(c2ccccc2)c2ccccc2)cc1. The van der Waals surface area contributed by atoms with Gasteiger partial charge >= 0.3 is 0 Å². The van der Waals surface area contributed by atoms with Crippen molar-refractivity contribution in [1.82, 2.24) is 0 Å². The number of benzene rings is 3. The molecular weight excluding hydrogens is 241 g/mol. The van der Waals surface area contributed by atoms with Gasteiger partial charge in [-0.2, -0.15) is 0 Å². The van der Waals surface area contributed by atoms with E-state index in [0.717, 1.165) is 22.5 Å². The summed E-state index contributed by atoms with van der Waals surface area (Å²) in [7, 11) is 5.79. The first-order chi connectivity index (χ1) is 9.84. The van der Waals surface area contributed by atoms with Crippen LogP contribution in [0.5, 0.6) is 0 Å². The molecule has 0 unspecified atom stereocenters. The van der Waals surface area contributed by atoms with Crippen molar-refractivity contribution in [3.63, 3.8) is 0 Å². The van der Waals surface area contributed by atoms with Gasteiger partial charge in [-0.05, 0) is 36.4 Å². The molecule has 0 aromatic heterocycles. The van der Waals surface area contributed by atoms with Gasteiger partial charge in [0.05, 0.1) is 0 Å². The van der Waals surface area contributed by atoms with Gasteiger partial charge in [0.25, 0.3) is 0 Å². The van der Waals surface area contributed by atoms with Crippen LogP contribution in [0, 0.1) is 0 Å². The summed E-state index contributed by atoms with van der Waals surface area (Å²) in [5.74, 6) is 0. The van der Waals surface area contributed by atoms with Crippen molar-refractivity contribution >= 4 is 30.4 Å². The number of hydrogen-bond acceptors (Lipinski definition) is 1. The minimum Gasteiger partial charge on any atom is -0.311 e. The van der Waals surface area contributed by atoms with Crippen molar-refractivity contribution in [2.24, 2.45) is 0 Å². The molecule has 0 aliphatic heterocycles. The van der Waals surface area contributed by atoms with Gasteiger partial charge < -0.3 is 4.90 Å². The van der Waals surface area contributed by atoms with E-state index in [0.29, 0.717) is 0 Å². The monoisotopic (exact) mass is 255 g/mol. The second-order valence-electron chi connectivity index (χ2n) is 4.60. The maximum absolute atomic E-state index is 5.79. The van der Waals surface area contributed by atoms with E-state index in [-0.39, 0.29) is 0 Å². The summed E-state index contributed by atoms with van der Waals surface area (Å²) < 4.78 is 0. The van der Waals surface area contributed by atoms with E-state index in [1.165, 1.54) is 0 Å². The number of anilines is 3. The molecule has 0 amide bonds. The standard InChI is InChI=1S/C18H14BN/c19-15-11-13-18(14-12-15)20(16-7-3-1-4-8-16)17-9-5-2-6-10-17/h1-14H. The Morgan fingerprint density at radius 2 is 0.900 bits per heavy atom. The highest BCUT2D eigenvalue weighted by molar-refractivity contribution is 6.32. The lowest BCUT2D eigenvalue weighted by Gasteiger charge is -2.25. The third kappa shape index (κ3) is 2.60. The molecule has 0 spiro atoms. The minimum atomic E-state index is 0.773. The average Bonchev–Trinajstić information content (AvgIpc) is 2.52. The van der Waals surface area contributed by atoms with Gasteiger partial charge in [0.2, 0.25) is 0 Å². The van der Waals surface area contributed by atoms with Crippen LogP contribution in [-0.4, -0.2) is 7.85 Å². The third-order valence-electron chi connectivity index (χ3n) is 3.18. The van der Waals surface area contributed by atoms with Crippen molar-refractivity contribution < 1.29 is 0 Å². The number of hydrogen-bond donors (Lipinski definition) is 0. The lowest BCUT2D eigenvalue weighted by molar-refractivity contribution is 1.29. The summed E-state index contributed by atoms with van der Waals surface area (Å²) in [5.41, 5.74) is 4.12. The molecule has 0 aliphatic rings. The van der Waals surface area contributed by atoms with Crippen LogP contribution < -0.4 is 10.4 Å². The Morgan fingerprint density at radius 3 is 1.35 bits per heavy atom. The van der Waals surface area contributed by atoms with Crippen LogP contribution in [0.2, 0.25) is 0 Å². The fourth-order valence-electron chi connectivity index (χ4n) is 2.22. The molecular formula is C18H14BN. The van der Waals surface area contributed by atoms with Crippen LogP contribution in [-0.2, 0) is 0 Å². The zero-order valence-corrected chi connectivity index (χ0v) is 11.1. The third-order valence-corrected chi connectivity index (χ3v) is 3.18. The molecule has 3 aromatic rings. The first-order valence-corrected chi connectivity index (χ1v) is 6.60. The Bertz CT molecular complexity index is 623. The predicted octanol–water partition coefficient (Wildman–Crippen LogP) is 3.95. The Labute approximate surface area is 120 Å². The second-order valence-corrected chi connectivity index (χ2v) is 4.60. The molecule has 0 atom stereocenters. The molecule has 0 saturated carbocycles. The van der Waals surface area contributed by atoms with E-state index in [1.807, 2.05) is 60.7 Å². The highest BCUT2D eigenvalue weighted by Crippen LogP contribution is 2.33. The molecule has 0 saturated heterocycles. The van der Waals surface area contributed by atoms with Crippen molar-refractivity contribution in [2.75, 3.05) is 4.90 Å². The molecule has 20 heavy (non-hydrogen) atoms. The van der Waals surface area contributed by atoms with Crippen LogP contribution in [0.15, 0.2) is 84.9 Å². The quantitative estimate of drug-likeness (QED) is 0.640. The van der Waals surface area contributed by atoms with Gasteiger partial charge in [0.1, 0.15) is 7.85 Å². The number of nitrogens with zero attached hydrogens (tertiary/aromatic N) is 1. The summed E-state index contributed by atoms with van der Waals surface area (Å²) in [6.45, 7) is 0. The van der Waals surface area contributed by atoms with Crippen LogP contribution in [0.1, 0.15) is 0 Å². The highest BCUT2D eigenvalue weighted by atomic mass is 15.1. The summed E-state index contributed by atoms with van der Waals surface area (Å²) in [5, 5.41) is 0. The van der Waals surface area contributed by atoms with Crippen molar-refractivity contribution in [3.05, 3.63) is 84.9 Å².